The number of aromatic amines is 1. The molecule has 2 aromatic heterocycles. The first-order valence-corrected chi connectivity index (χ1v) is 5.53. The van der Waals surface area contributed by atoms with E-state index in [-0.39, 0.29) is 0 Å². The maximum atomic E-state index is 5.84. The van der Waals surface area contributed by atoms with Gasteiger partial charge in [-0.15, -0.1) is 11.3 Å². The van der Waals surface area contributed by atoms with Crippen LogP contribution in [-0.2, 0) is 6.42 Å². The fraction of sp³-hybridized carbons (Fsp3) is 0.222. The smallest absolute Gasteiger partial charge is 0.107 e. The summed E-state index contributed by atoms with van der Waals surface area (Å²) in [5, 5.41) is 2.00. The molecule has 5 heteroatoms. The molecule has 0 aliphatic heterocycles. The van der Waals surface area contributed by atoms with E-state index in [0.717, 1.165) is 27.8 Å². The van der Waals surface area contributed by atoms with E-state index in [1.165, 1.54) is 11.3 Å². The minimum Gasteiger partial charge on any atom is -0.342 e. The van der Waals surface area contributed by atoms with Crippen LogP contribution in [0, 0.1) is 0 Å². The molecule has 0 bridgehead atoms. The average molecular weight is 228 g/mol. The molecule has 14 heavy (non-hydrogen) atoms. The Hall–Kier alpha value is -0.840. The summed E-state index contributed by atoms with van der Waals surface area (Å²) in [5.74, 6) is 0.921. The number of aromatic nitrogens is 2. The van der Waals surface area contributed by atoms with Crippen LogP contribution in [0.4, 0.5) is 0 Å². The molecule has 0 amide bonds. The van der Waals surface area contributed by atoms with Gasteiger partial charge in [-0.1, -0.05) is 11.6 Å². The van der Waals surface area contributed by atoms with Crippen LogP contribution < -0.4 is 5.73 Å². The van der Waals surface area contributed by atoms with E-state index in [4.69, 9.17) is 17.3 Å². The van der Waals surface area contributed by atoms with Crippen LogP contribution in [0.25, 0.3) is 11.3 Å². The monoisotopic (exact) mass is 227 g/mol. The molecule has 0 aromatic carbocycles. The van der Waals surface area contributed by atoms with E-state index in [1.54, 1.807) is 0 Å². The summed E-state index contributed by atoms with van der Waals surface area (Å²) in [5.41, 5.74) is 7.51. The first-order chi connectivity index (χ1) is 6.79. The van der Waals surface area contributed by atoms with Crippen LogP contribution in [0.2, 0.25) is 4.34 Å². The van der Waals surface area contributed by atoms with Gasteiger partial charge in [-0.05, 0) is 12.6 Å². The highest BCUT2D eigenvalue weighted by atomic mass is 35.5. The molecule has 0 atom stereocenters. The highest BCUT2D eigenvalue weighted by Crippen LogP contribution is 2.27. The number of rotatable bonds is 3. The lowest BCUT2D eigenvalue weighted by atomic mass is 10.3. The topological polar surface area (TPSA) is 54.7 Å². The number of nitrogens with two attached hydrogens (primary N) is 1. The molecule has 0 saturated heterocycles. The van der Waals surface area contributed by atoms with Gasteiger partial charge in [-0.25, -0.2) is 4.98 Å². The lowest BCUT2D eigenvalue weighted by Crippen LogP contribution is -2.03. The number of nitrogens with zero attached hydrogens (tertiary/aromatic N) is 1. The molecule has 0 fully saturated rings. The number of nitrogens with one attached hydrogen (secondary N) is 1. The number of H-pyrrole nitrogens is 1. The van der Waals surface area contributed by atoms with Gasteiger partial charge in [0, 0.05) is 17.4 Å². The van der Waals surface area contributed by atoms with Crippen molar-refractivity contribution in [2.24, 2.45) is 5.73 Å². The Bertz CT molecular complexity index is 421. The maximum absolute atomic E-state index is 5.84. The molecule has 74 valence electrons. The predicted molar refractivity (Wildman–Crippen MR) is 59.7 cm³/mol. The SMILES string of the molecule is NCCc1ncc(-c2csc(Cl)c2)[nH]1. The molecular formula is C9H10ClN3S. The second kappa shape index (κ2) is 4.13. The van der Waals surface area contributed by atoms with Crippen molar-refractivity contribution < 1.29 is 0 Å². The summed E-state index contributed by atoms with van der Waals surface area (Å²) in [4.78, 5) is 7.42. The van der Waals surface area contributed by atoms with Gasteiger partial charge in [-0.2, -0.15) is 0 Å². The summed E-state index contributed by atoms with van der Waals surface area (Å²) in [6.07, 6.45) is 2.58. The maximum Gasteiger partial charge on any atom is 0.107 e. The standard InChI is InChI=1S/C9H10ClN3S/c10-8-3-6(5-14-8)7-4-12-9(13-7)1-2-11/h3-5H,1-2,11H2,(H,12,13). The van der Waals surface area contributed by atoms with E-state index in [2.05, 4.69) is 9.97 Å². The molecule has 3 N–H and O–H groups in total. The third-order valence-corrected chi connectivity index (χ3v) is 2.98. The fourth-order valence-electron chi connectivity index (χ4n) is 1.22. The van der Waals surface area contributed by atoms with Crippen molar-refractivity contribution in [1.82, 2.24) is 9.97 Å². The summed E-state index contributed by atoms with van der Waals surface area (Å²) in [6, 6.07) is 1.92. The van der Waals surface area contributed by atoms with Crippen LogP contribution in [0.5, 0.6) is 0 Å². The summed E-state index contributed by atoms with van der Waals surface area (Å²) in [6.45, 7) is 0.608. The van der Waals surface area contributed by atoms with E-state index < -0.39 is 0 Å². The third-order valence-electron chi connectivity index (χ3n) is 1.89. The normalized spacial score (nSPS) is 10.7. The van der Waals surface area contributed by atoms with Crippen molar-refractivity contribution >= 4 is 22.9 Å². The molecule has 3 nitrogen and oxygen atoms in total. The number of imidazole rings is 1. The van der Waals surface area contributed by atoms with Gasteiger partial charge in [0.15, 0.2) is 0 Å². The van der Waals surface area contributed by atoms with Gasteiger partial charge < -0.3 is 10.7 Å². The van der Waals surface area contributed by atoms with Gasteiger partial charge in [-0.3, -0.25) is 0 Å². The summed E-state index contributed by atoms with van der Waals surface area (Å²) in [7, 11) is 0. The highest BCUT2D eigenvalue weighted by molar-refractivity contribution is 7.14. The lowest BCUT2D eigenvalue weighted by Gasteiger charge is -1.91. The number of halogens is 1. The minimum absolute atomic E-state index is 0.608. The van der Waals surface area contributed by atoms with Crippen LogP contribution in [0.1, 0.15) is 5.82 Å². The predicted octanol–water partition coefficient (Wildman–Crippen LogP) is 2.29. The van der Waals surface area contributed by atoms with Crippen LogP contribution in [0.15, 0.2) is 17.6 Å². The Balaban J connectivity index is 2.24. The Morgan fingerprint density at radius 3 is 3.07 bits per heavy atom. The molecular weight excluding hydrogens is 218 g/mol. The Morgan fingerprint density at radius 2 is 2.43 bits per heavy atom. The number of hydrogen-bond donors (Lipinski definition) is 2. The second-order valence-corrected chi connectivity index (χ2v) is 4.46. The third kappa shape index (κ3) is 1.97. The van der Waals surface area contributed by atoms with Gasteiger partial charge in [0.25, 0.3) is 0 Å². The van der Waals surface area contributed by atoms with E-state index in [1.807, 2.05) is 17.6 Å². The molecule has 0 aliphatic rings. The molecule has 0 spiro atoms. The number of thiophene rings is 1. The van der Waals surface area contributed by atoms with Crippen molar-refractivity contribution in [1.29, 1.82) is 0 Å². The minimum atomic E-state index is 0.608. The molecule has 2 aromatic rings. The van der Waals surface area contributed by atoms with Crippen molar-refractivity contribution in [3.8, 4) is 11.3 Å². The van der Waals surface area contributed by atoms with Crippen molar-refractivity contribution in [3.63, 3.8) is 0 Å². The molecule has 0 unspecified atom stereocenters. The Morgan fingerprint density at radius 1 is 1.57 bits per heavy atom. The summed E-state index contributed by atoms with van der Waals surface area (Å²) >= 11 is 7.36. The second-order valence-electron chi connectivity index (χ2n) is 2.92. The average Bonchev–Trinajstić information content (AvgIpc) is 2.74. The van der Waals surface area contributed by atoms with Crippen LogP contribution in [0.3, 0.4) is 0 Å². The number of hydrogen-bond acceptors (Lipinski definition) is 3. The Labute approximate surface area is 90.9 Å². The van der Waals surface area contributed by atoms with Crippen molar-refractivity contribution in [2.75, 3.05) is 6.54 Å². The molecule has 2 heterocycles. The fourth-order valence-corrected chi connectivity index (χ4v) is 2.10. The molecule has 0 saturated carbocycles. The molecule has 2 rings (SSSR count). The quantitative estimate of drug-likeness (QED) is 0.846. The van der Waals surface area contributed by atoms with Gasteiger partial charge >= 0.3 is 0 Å². The molecule has 0 aliphatic carbocycles. The zero-order valence-electron chi connectivity index (χ0n) is 7.46. The first kappa shape index (κ1) is 9.71. The van der Waals surface area contributed by atoms with Gasteiger partial charge in [0.1, 0.15) is 5.82 Å². The molecule has 0 radical (unpaired) electrons. The Kier molecular flexibility index (Phi) is 2.86. The van der Waals surface area contributed by atoms with E-state index >= 15 is 0 Å². The highest BCUT2D eigenvalue weighted by Gasteiger charge is 2.04. The lowest BCUT2D eigenvalue weighted by molar-refractivity contribution is 0.895. The van der Waals surface area contributed by atoms with E-state index in [0.29, 0.717) is 6.54 Å². The van der Waals surface area contributed by atoms with Crippen LogP contribution in [-0.4, -0.2) is 16.5 Å². The zero-order chi connectivity index (χ0) is 9.97. The zero-order valence-corrected chi connectivity index (χ0v) is 9.03. The summed E-state index contributed by atoms with van der Waals surface area (Å²) < 4.78 is 0.787. The first-order valence-electron chi connectivity index (χ1n) is 4.28. The van der Waals surface area contributed by atoms with Crippen molar-refractivity contribution in [2.45, 2.75) is 6.42 Å². The van der Waals surface area contributed by atoms with Crippen LogP contribution >= 0.6 is 22.9 Å². The van der Waals surface area contributed by atoms with Gasteiger partial charge in [0.05, 0.1) is 16.2 Å². The van der Waals surface area contributed by atoms with E-state index in [9.17, 15) is 0 Å². The van der Waals surface area contributed by atoms with Gasteiger partial charge in [0.2, 0.25) is 0 Å². The van der Waals surface area contributed by atoms with Crippen molar-refractivity contribution in [3.05, 3.63) is 27.8 Å². The largest absolute Gasteiger partial charge is 0.342 e.